The van der Waals surface area contributed by atoms with Gasteiger partial charge in [0.2, 0.25) is 0 Å². The molecule has 0 fully saturated rings. The van der Waals surface area contributed by atoms with Crippen LogP contribution in [0.25, 0.3) is 11.1 Å². The average molecular weight is 404 g/mol. The van der Waals surface area contributed by atoms with E-state index in [2.05, 4.69) is 37.3 Å². The summed E-state index contributed by atoms with van der Waals surface area (Å²) in [5.74, 6) is -1.61. The molecule has 0 saturated carbocycles. The number of hydrogen-bond acceptors (Lipinski definition) is 3. The summed E-state index contributed by atoms with van der Waals surface area (Å²) in [7, 11) is 0. The largest absolute Gasteiger partial charge is 1.00 e. The van der Waals surface area contributed by atoms with Gasteiger partial charge in [0, 0.05) is 5.57 Å². The van der Waals surface area contributed by atoms with E-state index in [1.807, 2.05) is 18.2 Å². The van der Waals surface area contributed by atoms with E-state index in [9.17, 15) is 14.7 Å². The van der Waals surface area contributed by atoms with Crippen molar-refractivity contribution in [2.75, 3.05) is 0 Å². The van der Waals surface area contributed by atoms with Crippen LogP contribution in [0.5, 0.6) is 0 Å². The summed E-state index contributed by atoms with van der Waals surface area (Å²) in [6.07, 6.45) is 2.65. The molecule has 0 saturated heterocycles. The molecule has 0 aliphatic rings. The molecule has 0 radical (unpaired) electrons. The standard InChI is InChI=1S/C24H28O4.Na.H/c1-17-15-18(13-14-21(17)19-10-6-5-7-11-19)9-8-12-20(23(26)27)16-22(25)28-24(2,3)4;;/h5-7,10-15H,8-9,16H2,1-4H3,(H,26,27);;/q;+1;-1/b20-12+;;. The van der Waals surface area contributed by atoms with Gasteiger partial charge < -0.3 is 11.3 Å². The van der Waals surface area contributed by atoms with Gasteiger partial charge in [-0.1, -0.05) is 54.6 Å². The summed E-state index contributed by atoms with van der Waals surface area (Å²) >= 11 is 0. The predicted molar refractivity (Wildman–Crippen MR) is 112 cm³/mol. The van der Waals surface area contributed by atoms with Crippen LogP contribution in [0.15, 0.2) is 60.2 Å². The molecule has 0 unspecified atom stereocenters. The number of hydrogen-bond donors (Lipinski definition) is 1. The maximum atomic E-state index is 11.9. The first-order chi connectivity index (χ1) is 13.2. The van der Waals surface area contributed by atoms with Crippen molar-refractivity contribution >= 4 is 11.9 Å². The molecule has 1 N–H and O–H groups in total. The van der Waals surface area contributed by atoms with Crippen LogP contribution in [-0.4, -0.2) is 22.6 Å². The maximum absolute atomic E-state index is 11.9. The fraction of sp³-hybridized carbons (Fsp3) is 0.333. The molecule has 0 aromatic heterocycles. The van der Waals surface area contributed by atoms with Crippen LogP contribution >= 0.6 is 0 Å². The topological polar surface area (TPSA) is 63.6 Å². The molecule has 0 bridgehead atoms. The van der Waals surface area contributed by atoms with E-state index in [1.165, 1.54) is 16.7 Å². The first-order valence-corrected chi connectivity index (χ1v) is 9.45. The molecule has 29 heavy (non-hydrogen) atoms. The third-order valence-corrected chi connectivity index (χ3v) is 4.23. The van der Waals surface area contributed by atoms with Crippen molar-refractivity contribution < 1.29 is 50.4 Å². The molecule has 0 aliphatic carbocycles. The van der Waals surface area contributed by atoms with Gasteiger partial charge in [0.25, 0.3) is 0 Å². The molecule has 2 aromatic rings. The third kappa shape index (κ3) is 8.57. The number of esters is 1. The predicted octanol–water partition coefficient (Wildman–Crippen LogP) is 2.45. The number of aliphatic carboxylic acids is 1. The maximum Gasteiger partial charge on any atom is 1.00 e. The first kappa shape index (κ1) is 25.2. The molecule has 2 aromatic carbocycles. The number of ether oxygens (including phenoxy) is 1. The summed E-state index contributed by atoms with van der Waals surface area (Å²) in [6, 6.07) is 16.5. The summed E-state index contributed by atoms with van der Waals surface area (Å²) in [5, 5.41) is 9.35. The summed E-state index contributed by atoms with van der Waals surface area (Å²) in [5.41, 5.74) is 4.13. The second-order valence-electron chi connectivity index (χ2n) is 7.85. The molecule has 0 atom stereocenters. The minimum atomic E-state index is -1.08. The van der Waals surface area contributed by atoms with Crippen LogP contribution in [0.3, 0.4) is 0 Å². The Morgan fingerprint density at radius 3 is 2.31 bits per heavy atom. The third-order valence-electron chi connectivity index (χ3n) is 4.23. The average Bonchev–Trinajstić information content (AvgIpc) is 2.60. The van der Waals surface area contributed by atoms with E-state index in [0.29, 0.717) is 12.8 Å². The summed E-state index contributed by atoms with van der Waals surface area (Å²) in [4.78, 5) is 23.3. The van der Waals surface area contributed by atoms with Gasteiger partial charge in [0.05, 0.1) is 6.42 Å². The fourth-order valence-electron chi connectivity index (χ4n) is 3.00. The Balaban J connectivity index is 0.00000420. The van der Waals surface area contributed by atoms with E-state index >= 15 is 0 Å². The molecule has 0 amide bonds. The molecular formula is C24H29NaO4. The van der Waals surface area contributed by atoms with Gasteiger partial charge in [0.1, 0.15) is 5.60 Å². The normalized spacial score (nSPS) is 11.5. The Bertz CT molecular complexity index is 871. The monoisotopic (exact) mass is 404 g/mol. The molecule has 0 aliphatic heterocycles. The van der Waals surface area contributed by atoms with E-state index in [0.717, 1.165) is 5.56 Å². The SMILES string of the molecule is Cc1cc(CC/C=C(\CC(=O)OC(C)(C)C)C(=O)O)ccc1-c1ccccc1.[H-].[Na+]. The second-order valence-corrected chi connectivity index (χ2v) is 7.85. The number of carbonyl (C=O) groups excluding carboxylic acids is 1. The zero-order valence-corrected chi connectivity index (χ0v) is 20.0. The quantitative estimate of drug-likeness (QED) is 0.437. The molecule has 2 rings (SSSR count). The van der Waals surface area contributed by atoms with Gasteiger partial charge in [-0.15, -0.1) is 0 Å². The second kappa shape index (κ2) is 11.3. The van der Waals surface area contributed by atoms with Gasteiger partial charge in [-0.2, -0.15) is 0 Å². The Hall–Kier alpha value is -1.88. The van der Waals surface area contributed by atoms with Crippen molar-refractivity contribution in [1.82, 2.24) is 0 Å². The number of carboxylic acids is 1. The minimum Gasteiger partial charge on any atom is -1.00 e. The fourth-order valence-corrected chi connectivity index (χ4v) is 3.00. The van der Waals surface area contributed by atoms with Crippen LogP contribution in [0.1, 0.15) is 46.2 Å². The van der Waals surface area contributed by atoms with Crippen molar-refractivity contribution in [2.45, 2.75) is 52.6 Å². The van der Waals surface area contributed by atoms with E-state index < -0.39 is 17.5 Å². The molecular weight excluding hydrogens is 375 g/mol. The molecule has 150 valence electrons. The number of carboxylic acid groups (broad SMARTS) is 1. The number of aryl methyl sites for hydroxylation is 2. The van der Waals surface area contributed by atoms with Gasteiger partial charge in [0.15, 0.2) is 0 Å². The summed E-state index contributed by atoms with van der Waals surface area (Å²) < 4.78 is 5.21. The van der Waals surface area contributed by atoms with Crippen molar-refractivity contribution in [3.05, 3.63) is 71.3 Å². The van der Waals surface area contributed by atoms with Crippen molar-refractivity contribution in [3.63, 3.8) is 0 Å². The minimum absolute atomic E-state index is 0. The van der Waals surface area contributed by atoms with Crippen molar-refractivity contribution in [1.29, 1.82) is 0 Å². The zero-order valence-electron chi connectivity index (χ0n) is 19.0. The summed E-state index contributed by atoms with van der Waals surface area (Å²) in [6.45, 7) is 7.36. The van der Waals surface area contributed by atoms with Gasteiger partial charge in [-0.25, -0.2) is 4.79 Å². The van der Waals surface area contributed by atoms with Crippen LogP contribution in [0, 0.1) is 6.92 Å². The van der Waals surface area contributed by atoms with Crippen LogP contribution in [0.4, 0.5) is 0 Å². The molecule has 5 heteroatoms. The number of benzene rings is 2. The Morgan fingerprint density at radius 1 is 1.10 bits per heavy atom. The Morgan fingerprint density at radius 2 is 1.76 bits per heavy atom. The van der Waals surface area contributed by atoms with Crippen molar-refractivity contribution in [2.24, 2.45) is 0 Å². The van der Waals surface area contributed by atoms with Crippen LogP contribution < -0.4 is 29.6 Å². The van der Waals surface area contributed by atoms with Gasteiger partial charge >= 0.3 is 41.5 Å². The van der Waals surface area contributed by atoms with Crippen LogP contribution in [-0.2, 0) is 20.7 Å². The Labute approximate surface area is 196 Å². The van der Waals surface area contributed by atoms with E-state index in [-0.39, 0.29) is 43.0 Å². The van der Waals surface area contributed by atoms with E-state index in [4.69, 9.17) is 4.74 Å². The number of allylic oxidation sites excluding steroid dienone is 1. The zero-order chi connectivity index (χ0) is 20.7. The van der Waals surface area contributed by atoms with Crippen molar-refractivity contribution in [3.8, 4) is 11.1 Å². The Kier molecular flexibility index (Phi) is 9.84. The number of rotatable bonds is 7. The smallest absolute Gasteiger partial charge is 1.00 e. The molecule has 0 heterocycles. The number of carbonyl (C=O) groups is 2. The van der Waals surface area contributed by atoms with Gasteiger partial charge in [-0.05, 0) is 62.8 Å². The van der Waals surface area contributed by atoms with Crippen LogP contribution in [0.2, 0.25) is 0 Å². The van der Waals surface area contributed by atoms with Gasteiger partial charge in [-0.3, -0.25) is 4.79 Å². The van der Waals surface area contributed by atoms with E-state index in [1.54, 1.807) is 26.8 Å². The molecule has 0 spiro atoms. The first-order valence-electron chi connectivity index (χ1n) is 9.45. The molecule has 4 nitrogen and oxygen atoms in total.